The first-order chi connectivity index (χ1) is 12.9. The van der Waals surface area contributed by atoms with E-state index in [0.717, 1.165) is 11.3 Å². The number of amides is 1. The Kier molecular flexibility index (Phi) is 5.35. The van der Waals surface area contributed by atoms with E-state index in [1.165, 1.54) is 30.3 Å². The van der Waals surface area contributed by atoms with Crippen LogP contribution < -0.4 is 5.32 Å². The lowest BCUT2D eigenvalue weighted by molar-refractivity contribution is 0.0941. The predicted octanol–water partition coefficient (Wildman–Crippen LogP) is 4.50. The van der Waals surface area contributed by atoms with Crippen LogP contribution in [0.3, 0.4) is 0 Å². The summed E-state index contributed by atoms with van der Waals surface area (Å²) in [5.41, 5.74) is 2.43. The van der Waals surface area contributed by atoms with E-state index in [1.54, 1.807) is 36.6 Å². The molecular formula is C21H19F3N2O. The predicted molar refractivity (Wildman–Crippen MR) is 96.9 cm³/mol. The number of aromatic nitrogens is 1. The van der Waals surface area contributed by atoms with Gasteiger partial charge < -0.3 is 9.88 Å². The monoisotopic (exact) mass is 372 g/mol. The molecule has 1 amide bonds. The van der Waals surface area contributed by atoms with Crippen LogP contribution in [-0.2, 0) is 13.1 Å². The molecule has 0 atom stereocenters. The first kappa shape index (κ1) is 18.8. The van der Waals surface area contributed by atoms with Crippen LogP contribution in [-0.4, -0.2) is 10.5 Å². The highest BCUT2D eigenvalue weighted by atomic mass is 19.1. The number of hydrogen-bond donors (Lipinski definition) is 1. The minimum atomic E-state index is -0.654. The van der Waals surface area contributed by atoms with Crippen molar-refractivity contribution in [1.82, 2.24) is 9.88 Å². The summed E-state index contributed by atoms with van der Waals surface area (Å²) in [5.74, 6) is -2.02. The number of benzene rings is 2. The normalized spacial score (nSPS) is 10.9. The number of nitrogens with zero attached hydrogens (tertiary/aromatic N) is 1. The molecular weight excluding hydrogens is 353 g/mol. The Morgan fingerprint density at radius 2 is 1.63 bits per heavy atom. The van der Waals surface area contributed by atoms with E-state index in [1.807, 2.05) is 0 Å². The number of aryl methyl sites for hydroxylation is 2. The molecule has 140 valence electrons. The Labute approximate surface area is 155 Å². The van der Waals surface area contributed by atoms with Crippen molar-refractivity contribution < 1.29 is 18.0 Å². The average molecular weight is 372 g/mol. The number of carbonyl (C=O) groups excluding carboxylic acids is 1. The van der Waals surface area contributed by atoms with Crippen LogP contribution in [0.25, 0.3) is 0 Å². The second kappa shape index (κ2) is 7.70. The molecule has 0 aliphatic carbocycles. The van der Waals surface area contributed by atoms with Gasteiger partial charge in [-0.1, -0.05) is 18.2 Å². The first-order valence-corrected chi connectivity index (χ1v) is 8.49. The Morgan fingerprint density at radius 1 is 1.00 bits per heavy atom. The summed E-state index contributed by atoms with van der Waals surface area (Å²) in [5, 5.41) is 2.77. The average Bonchev–Trinajstić information content (AvgIpc) is 2.91. The zero-order valence-corrected chi connectivity index (χ0v) is 15.0. The third kappa shape index (κ3) is 4.05. The van der Waals surface area contributed by atoms with Crippen molar-refractivity contribution in [2.24, 2.45) is 0 Å². The van der Waals surface area contributed by atoms with Crippen LogP contribution in [0, 0.1) is 31.3 Å². The second-order valence-electron chi connectivity index (χ2n) is 6.41. The van der Waals surface area contributed by atoms with Gasteiger partial charge in [0, 0.05) is 17.8 Å². The number of nitrogens with one attached hydrogen (secondary N) is 1. The molecule has 1 heterocycles. The molecule has 1 aromatic heterocycles. The molecule has 1 N–H and O–H groups in total. The van der Waals surface area contributed by atoms with Gasteiger partial charge in [0.05, 0.1) is 6.54 Å². The molecule has 0 spiro atoms. The van der Waals surface area contributed by atoms with Crippen molar-refractivity contribution in [3.05, 3.63) is 94.1 Å². The van der Waals surface area contributed by atoms with Gasteiger partial charge in [0.2, 0.25) is 0 Å². The molecule has 0 radical (unpaired) electrons. The van der Waals surface area contributed by atoms with Crippen molar-refractivity contribution in [3.8, 4) is 0 Å². The van der Waals surface area contributed by atoms with Crippen molar-refractivity contribution in [3.63, 3.8) is 0 Å². The van der Waals surface area contributed by atoms with E-state index in [9.17, 15) is 18.0 Å². The van der Waals surface area contributed by atoms with E-state index in [2.05, 4.69) is 5.32 Å². The lowest BCUT2D eigenvalue weighted by Gasteiger charge is -2.14. The van der Waals surface area contributed by atoms with E-state index in [-0.39, 0.29) is 30.4 Å². The van der Waals surface area contributed by atoms with E-state index < -0.39 is 11.6 Å². The van der Waals surface area contributed by atoms with Gasteiger partial charge in [-0.05, 0) is 55.3 Å². The van der Waals surface area contributed by atoms with Gasteiger partial charge in [-0.15, -0.1) is 0 Å². The van der Waals surface area contributed by atoms with E-state index in [4.69, 9.17) is 0 Å². The fraction of sp³-hybridized carbons (Fsp3) is 0.190. The summed E-state index contributed by atoms with van der Waals surface area (Å²) >= 11 is 0. The molecule has 0 saturated heterocycles. The number of halogens is 3. The van der Waals surface area contributed by atoms with Crippen LogP contribution in [0.1, 0.15) is 32.9 Å². The van der Waals surface area contributed by atoms with Crippen molar-refractivity contribution in [1.29, 1.82) is 0 Å². The maximum atomic E-state index is 14.0. The Morgan fingerprint density at radius 3 is 2.26 bits per heavy atom. The van der Waals surface area contributed by atoms with Crippen molar-refractivity contribution in [2.45, 2.75) is 26.9 Å². The number of carbonyl (C=O) groups is 1. The fourth-order valence-corrected chi connectivity index (χ4v) is 3.06. The molecule has 0 fully saturated rings. The summed E-state index contributed by atoms with van der Waals surface area (Å²) in [6.07, 6.45) is 0. The van der Waals surface area contributed by atoms with Crippen LogP contribution in [0.5, 0.6) is 0 Å². The molecule has 27 heavy (non-hydrogen) atoms. The summed E-state index contributed by atoms with van der Waals surface area (Å²) in [4.78, 5) is 12.7. The maximum absolute atomic E-state index is 14.0. The number of hydrogen-bond acceptors (Lipinski definition) is 1. The first-order valence-electron chi connectivity index (χ1n) is 8.49. The second-order valence-corrected chi connectivity index (χ2v) is 6.41. The largest absolute Gasteiger partial charge is 0.347 e. The molecule has 3 nitrogen and oxygen atoms in total. The topological polar surface area (TPSA) is 34.0 Å². The molecule has 0 bridgehead atoms. The summed E-state index contributed by atoms with van der Waals surface area (Å²) < 4.78 is 42.6. The maximum Gasteiger partial charge on any atom is 0.268 e. The highest BCUT2D eigenvalue weighted by Crippen LogP contribution is 2.20. The van der Waals surface area contributed by atoms with Crippen LogP contribution in [0.2, 0.25) is 0 Å². The lowest BCUT2D eigenvalue weighted by Crippen LogP contribution is -2.27. The van der Waals surface area contributed by atoms with E-state index in [0.29, 0.717) is 11.3 Å². The van der Waals surface area contributed by atoms with Crippen LogP contribution in [0.15, 0.2) is 48.5 Å². The third-order valence-corrected chi connectivity index (χ3v) is 4.45. The Bertz CT molecular complexity index is 958. The Hall–Kier alpha value is -3.02. The molecule has 3 aromatic rings. The third-order valence-electron chi connectivity index (χ3n) is 4.45. The van der Waals surface area contributed by atoms with Crippen molar-refractivity contribution >= 4 is 5.91 Å². The SMILES string of the molecule is Cc1cc(C)n(Cc2c(F)cccc2F)c1C(=O)NCc1ccc(F)cc1. The Balaban J connectivity index is 1.85. The highest BCUT2D eigenvalue weighted by Gasteiger charge is 2.19. The minimum absolute atomic E-state index is 0.0858. The van der Waals surface area contributed by atoms with Gasteiger partial charge in [0.15, 0.2) is 0 Å². The smallest absolute Gasteiger partial charge is 0.268 e. The van der Waals surface area contributed by atoms with Gasteiger partial charge in [-0.3, -0.25) is 4.79 Å². The zero-order valence-electron chi connectivity index (χ0n) is 15.0. The summed E-state index contributed by atoms with van der Waals surface area (Å²) in [6.45, 7) is 3.69. The van der Waals surface area contributed by atoms with Gasteiger partial charge in [-0.25, -0.2) is 13.2 Å². The van der Waals surface area contributed by atoms with Gasteiger partial charge >= 0.3 is 0 Å². The minimum Gasteiger partial charge on any atom is -0.347 e. The van der Waals surface area contributed by atoms with Gasteiger partial charge in [-0.2, -0.15) is 0 Å². The molecule has 0 aliphatic heterocycles. The summed E-state index contributed by atoms with van der Waals surface area (Å²) in [7, 11) is 0. The zero-order chi connectivity index (χ0) is 19.6. The molecule has 3 rings (SSSR count). The number of rotatable bonds is 5. The molecule has 0 saturated carbocycles. The van der Waals surface area contributed by atoms with Crippen LogP contribution in [0.4, 0.5) is 13.2 Å². The lowest BCUT2D eigenvalue weighted by atomic mass is 10.2. The highest BCUT2D eigenvalue weighted by molar-refractivity contribution is 5.94. The standard InChI is InChI=1S/C21H19F3N2O/c1-13-10-14(2)26(12-17-18(23)4-3-5-19(17)24)20(13)21(27)25-11-15-6-8-16(22)9-7-15/h3-10H,11-12H2,1-2H3,(H,25,27). The molecule has 0 unspecified atom stereocenters. The van der Waals surface area contributed by atoms with Crippen LogP contribution >= 0.6 is 0 Å². The van der Waals surface area contributed by atoms with E-state index >= 15 is 0 Å². The van der Waals surface area contributed by atoms with Gasteiger partial charge in [0.1, 0.15) is 23.1 Å². The fourth-order valence-electron chi connectivity index (χ4n) is 3.06. The quantitative estimate of drug-likeness (QED) is 0.703. The molecule has 2 aromatic carbocycles. The summed E-state index contributed by atoms with van der Waals surface area (Å²) in [6, 6.07) is 11.3. The molecule has 6 heteroatoms. The van der Waals surface area contributed by atoms with Gasteiger partial charge in [0.25, 0.3) is 5.91 Å². The molecule has 0 aliphatic rings. The van der Waals surface area contributed by atoms with Crippen molar-refractivity contribution in [2.75, 3.05) is 0 Å².